The Morgan fingerprint density at radius 1 is 1.46 bits per heavy atom. The highest BCUT2D eigenvalue weighted by Gasteiger charge is 2.29. The van der Waals surface area contributed by atoms with Gasteiger partial charge in [-0.05, 0) is 31.7 Å². The van der Waals surface area contributed by atoms with Gasteiger partial charge in [-0.25, -0.2) is 0 Å². The first kappa shape index (κ1) is 9.81. The average molecular weight is 200 g/mol. The molecule has 0 amide bonds. The van der Waals surface area contributed by atoms with Crippen molar-refractivity contribution in [3.63, 3.8) is 0 Å². The molecule has 0 spiro atoms. The number of nitrogens with one attached hydrogen (secondary N) is 1. The summed E-state index contributed by atoms with van der Waals surface area (Å²) < 4.78 is 0. The van der Waals surface area contributed by atoms with Gasteiger partial charge >= 0.3 is 0 Å². The summed E-state index contributed by atoms with van der Waals surface area (Å²) in [4.78, 5) is 2.69. The second-order valence-electron chi connectivity index (χ2n) is 4.01. The van der Waals surface area contributed by atoms with E-state index in [9.17, 15) is 0 Å². The van der Waals surface area contributed by atoms with E-state index in [1.54, 1.807) is 0 Å². The third-order valence-corrected chi connectivity index (χ3v) is 4.32. The van der Waals surface area contributed by atoms with Gasteiger partial charge < -0.3 is 5.32 Å². The monoisotopic (exact) mass is 200 g/mol. The van der Waals surface area contributed by atoms with E-state index in [1.165, 1.54) is 44.8 Å². The molecule has 13 heavy (non-hydrogen) atoms. The van der Waals surface area contributed by atoms with Gasteiger partial charge in [0.15, 0.2) is 0 Å². The summed E-state index contributed by atoms with van der Waals surface area (Å²) in [6.07, 6.45) is 2.78. The minimum atomic E-state index is 0.849. The van der Waals surface area contributed by atoms with Gasteiger partial charge in [-0.3, -0.25) is 4.90 Å². The van der Waals surface area contributed by atoms with Crippen LogP contribution in [0.1, 0.15) is 19.8 Å². The first-order valence-corrected chi connectivity index (χ1v) is 6.51. The SMILES string of the molecule is CCSC1CCN(C2CCNC2)C1. The van der Waals surface area contributed by atoms with Gasteiger partial charge in [0.1, 0.15) is 0 Å². The maximum Gasteiger partial charge on any atom is 0.0233 e. The van der Waals surface area contributed by atoms with E-state index in [-0.39, 0.29) is 0 Å². The topological polar surface area (TPSA) is 15.3 Å². The highest BCUT2D eigenvalue weighted by molar-refractivity contribution is 7.99. The molecule has 0 aromatic carbocycles. The molecule has 76 valence electrons. The Hall–Kier alpha value is 0.270. The summed E-state index contributed by atoms with van der Waals surface area (Å²) in [6.45, 7) is 7.40. The van der Waals surface area contributed by atoms with Crippen LogP contribution in [-0.2, 0) is 0 Å². The Morgan fingerprint density at radius 3 is 3.08 bits per heavy atom. The third-order valence-electron chi connectivity index (χ3n) is 3.13. The van der Waals surface area contributed by atoms with Crippen molar-refractivity contribution in [3.05, 3.63) is 0 Å². The Morgan fingerprint density at radius 2 is 2.38 bits per heavy atom. The minimum Gasteiger partial charge on any atom is -0.315 e. The lowest BCUT2D eigenvalue weighted by Gasteiger charge is -2.22. The van der Waals surface area contributed by atoms with E-state index in [0.717, 1.165) is 11.3 Å². The molecule has 2 heterocycles. The van der Waals surface area contributed by atoms with Crippen LogP contribution in [0, 0.1) is 0 Å². The van der Waals surface area contributed by atoms with Crippen LogP contribution >= 0.6 is 11.8 Å². The Bertz CT molecular complexity index is 157. The van der Waals surface area contributed by atoms with E-state index in [2.05, 4.69) is 28.9 Å². The maximum absolute atomic E-state index is 3.45. The van der Waals surface area contributed by atoms with Gasteiger partial charge in [-0.15, -0.1) is 0 Å². The van der Waals surface area contributed by atoms with Crippen molar-refractivity contribution in [1.82, 2.24) is 10.2 Å². The maximum atomic E-state index is 3.45. The van der Waals surface area contributed by atoms with Crippen molar-refractivity contribution >= 4 is 11.8 Å². The van der Waals surface area contributed by atoms with Gasteiger partial charge in [0.25, 0.3) is 0 Å². The van der Waals surface area contributed by atoms with Crippen LogP contribution in [0.2, 0.25) is 0 Å². The molecule has 1 N–H and O–H groups in total. The average Bonchev–Trinajstić information content (AvgIpc) is 2.70. The zero-order chi connectivity index (χ0) is 9.10. The molecule has 2 nitrogen and oxygen atoms in total. The lowest BCUT2D eigenvalue weighted by Crippen LogP contribution is -2.35. The van der Waals surface area contributed by atoms with Gasteiger partial charge in [-0.2, -0.15) is 11.8 Å². The molecule has 0 aromatic rings. The zero-order valence-electron chi connectivity index (χ0n) is 8.46. The molecule has 0 bridgehead atoms. The number of likely N-dealkylation sites (tertiary alicyclic amines) is 1. The number of hydrogen-bond acceptors (Lipinski definition) is 3. The number of rotatable bonds is 3. The van der Waals surface area contributed by atoms with E-state index in [0.29, 0.717) is 0 Å². The van der Waals surface area contributed by atoms with Crippen molar-refractivity contribution in [2.45, 2.75) is 31.1 Å². The molecule has 2 saturated heterocycles. The normalized spacial score (nSPS) is 35.8. The molecule has 2 rings (SSSR count). The van der Waals surface area contributed by atoms with Crippen molar-refractivity contribution in [3.8, 4) is 0 Å². The largest absolute Gasteiger partial charge is 0.315 e. The molecule has 0 radical (unpaired) electrons. The molecule has 2 unspecified atom stereocenters. The summed E-state index contributed by atoms with van der Waals surface area (Å²) in [5.41, 5.74) is 0. The van der Waals surface area contributed by atoms with Crippen LogP contribution in [0.15, 0.2) is 0 Å². The third kappa shape index (κ3) is 2.39. The molecule has 3 heteroatoms. The van der Waals surface area contributed by atoms with E-state index in [4.69, 9.17) is 0 Å². The van der Waals surface area contributed by atoms with Crippen molar-refractivity contribution in [1.29, 1.82) is 0 Å². The standard InChI is InChI=1S/C10H20N2S/c1-2-13-10-4-6-12(8-10)9-3-5-11-7-9/h9-11H,2-8H2,1H3. The van der Waals surface area contributed by atoms with E-state index in [1.807, 2.05) is 0 Å². The van der Waals surface area contributed by atoms with Crippen LogP contribution in [0.3, 0.4) is 0 Å². The quantitative estimate of drug-likeness (QED) is 0.736. The van der Waals surface area contributed by atoms with Crippen LogP contribution < -0.4 is 5.32 Å². The number of nitrogens with zero attached hydrogens (tertiary/aromatic N) is 1. The summed E-state index contributed by atoms with van der Waals surface area (Å²) in [7, 11) is 0. The molecule has 0 aromatic heterocycles. The molecule has 2 fully saturated rings. The van der Waals surface area contributed by atoms with Crippen LogP contribution in [-0.4, -0.2) is 48.1 Å². The smallest absolute Gasteiger partial charge is 0.0233 e. The van der Waals surface area contributed by atoms with Gasteiger partial charge in [-0.1, -0.05) is 6.92 Å². The fraction of sp³-hybridized carbons (Fsp3) is 1.00. The second kappa shape index (κ2) is 4.67. The van der Waals surface area contributed by atoms with Crippen molar-refractivity contribution in [2.24, 2.45) is 0 Å². The van der Waals surface area contributed by atoms with Crippen molar-refractivity contribution < 1.29 is 0 Å². The number of thioether (sulfide) groups is 1. The van der Waals surface area contributed by atoms with Crippen LogP contribution in [0.4, 0.5) is 0 Å². The fourth-order valence-corrected chi connectivity index (χ4v) is 3.45. The molecule has 0 aliphatic carbocycles. The molecule has 2 aliphatic rings. The first-order valence-electron chi connectivity index (χ1n) is 5.46. The number of hydrogen-bond donors (Lipinski definition) is 1. The predicted molar refractivity (Wildman–Crippen MR) is 59.4 cm³/mol. The molecular formula is C10H20N2S. The summed E-state index contributed by atoms with van der Waals surface area (Å²) in [5.74, 6) is 1.28. The molecular weight excluding hydrogens is 180 g/mol. The minimum absolute atomic E-state index is 0.849. The molecule has 2 atom stereocenters. The predicted octanol–water partition coefficient (Wildman–Crippen LogP) is 1.18. The van der Waals surface area contributed by atoms with Gasteiger partial charge in [0.05, 0.1) is 0 Å². The zero-order valence-corrected chi connectivity index (χ0v) is 9.28. The van der Waals surface area contributed by atoms with E-state index >= 15 is 0 Å². The summed E-state index contributed by atoms with van der Waals surface area (Å²) in [5, 5.41) is 4.37. The highest BCUT2D eigenvalue weighted by Crippen LogP contribution is 2.25. The fourth-order valence-electron chi connectivity index (χ4n) is 2.41. The highest BCUT2D eigenvalue weighted by atomic mass is 32.2. The Labute approximate surface area is 85.4 Å². The van der Waals surface area contributed by atoms with Gasteiger partial charge in [0, 0.05) is 24.4 Å². The Balaban J connectivity index is 1.76. The Kier molecular flexibility index (Phi) is 3.52. The van der Waals surface area contributed by atoms with Crippen LogP contribution in [0.5, 0.6) is 0 Å². The van der Waals surface area contributed by atoms with Gasteiger partial charge in [0.2, 0.25) is 0 Å². The second-order valence-corrected chi connectivity index (χ2v) is 5.58. The lowest BCUT2D eigenvalue weighted by atomic mass is 10.2. The van der Waals surface area contributed by atoms with Crippen LogP contribution in [0.25, 0.3) is 0 Å². The summed E-state index contributed by atoms with van der Waals surface area (Å²) >= 11 is 2.14. The lowest BCUT2D eigenvalue weighted by molar-refractivity contribution is 0.259. The first-order chi connectivity index (χ1) is 6.40. The van der Waals surface area contributed by atoms with Crippen molar-refractivity contribution in [2.75, 3.05) is 31.9 Å². The molecule has 2 aliphatic heterocycles. The van der Waals surface area contributed by atoms with E-state index < -0.39 is 0 Å². The summed E-state index contributed by atoms with van der Waals surface area (Å²) in [6, 6.07) is 0.849. The molecule has 0 saturated carbocycles.